The third-order valence-electron chi connectivity index (χ3n) is 2.57. The van der Waals surface area contributed by atoms with Crippen LogP contribution in [-0.4, -0.2) is 16.4 Å². The minimum atomic E-state index is -1.83. The van der Waals surface area contributed by atoms with Crippen LogP contribution in [-0.2, 0) is 0 Å². The SMILES string of the molecule is CC(C)CC=CC1CC1(C)C.O=C(O)O. The molecule has 1 aliphatic rings. The summed E-state index contributed by atoms with van der Waals surface area (Å²) in [6.45, 7) is 9.22. The van der Waals surface area contributed by atoms with Gasteiger partial charge in [0.25, 0.3) is 0 Å². The molecular formula is C12H22O3. The van der Waals surface area contributed by atoms with Crippen LogP contribution in [0.5, 0.6) is 0 Å². The van der Waals surface area contributed by atoms with Gasteiger partial charge in [0.05, 0.1) is 0 Å². The molecule has 3 heteroatoms. The van der Waals surface area contributed by atoms with Gasteiger partial charge in [-0.1, -0.05) is 39.8 Å². The van der Waals surface area contributed by atoms with E-state index in [9.17, 15) is 0 Å². The van der Waals surface area contributed by atoms with E-state index in [1.807, 2.05) is 0 Å². The zero-order valence-electron chi connectivity index (χ0n) is 10.0. The van der Waals surface area contributed by atoms with Crippen LogP contribution < -0.4 is 0 Å². The average Bonchev–Trinajstić information content (AvgIpc) is 2.56. The van der Waals surface area contributed by atoms with Gasteiger partial charge in [0.1, 0.15) is 0 Å². The number of allylic oxidation sites excluding steroid dienone is 2. The van der Waals surface area contributed by atoms with Gasteiger partial charge in [-0.3, -0.25) is 0 Å². The minimum Gasteiger partial charge on any atom is -0.450 e. The molecule has 0 spiro atoms. The molecule has 0 aliphatic heterocycles. The monoisotopic (exact) mass is 214 g/mol. The van der Waals surface area contributed by atoms with E-state index in [1.165, 1.54) is 12.8 Å². The lowest BCUT2D eigenvalue weighted by atomic mass is 10.1. The maximum Gasteiger partial charge on any atom is 0.503 e. The quantitative estimate of drug-likeness (QED) is 0.701. The zero-order valence-corrected chi connectivity index (χ0v) is 10.0. The predicted molar refractivity (Wildman–Crippen MR) is 61.1 cm³/mol. The molecule has 1 saturated carbocycles. The summed E-state index contributed by atoms with van der Waals surface area (Å²) in [5, 5.41) is 13.9. The highest BCUT2D eigenvalue weighted by atomic mass is 16.6. The van der Waals surface area contributed by atoms with Gasteiger partial charge in [-0.2, -0.15) is 0 Å². The van der Waals surface area contributed by atoms with Crippen molar-refractivity contribution in [2.24, 2.45) is 17.3 Å². The first-order valence-corrected chi connectivity index (χ1v) is 5.34. The summed E-state index contributed by atoms with van der Waals surface area (Å²) < 4.78 is 0. The van der Waals surface area contributed by atoms with Crippen molar-refractivity contribution in [1.82, 2.24) is 0 Å². The van der Waals surface area contributed by atoms with Crippen LogP contribution in [0.4, 0.5) is 4.79 Å². The summed E-state index contributed by atoms with van der Waals surface area (Å²) in [6, 6.07) is 0. The zero-order chi connectivity index (χ0) is 12.1. The van der Waals surface area contributed by atoms with Crippen LogP contribution in [0.2, 0.25) is 0 Å². The number of hydrogen-bond donors (Lipinski definition) is 2. The summed E-state index contributed by atoms with van der Waals surface area (Å²) in [7, 11) is 0. The molecule has 2 N–H and O–H groups in total. The summed E-state index contributed by atoms with van der Waals surface area (Å²) in [6.07, 6.45) is 5.55. The molecule has 0 aromatic heterocycles. The summed E-state index contributed by atoms with van der Waals surface area (Å²) >= 11 is 0. The summed E-state index contributed by atoms with van der Waals surface area (Å²) in [5.74, 6) is 1.69. The fourth-order valence-electron chi connectivity index (χ4n) is 1.35. The largest absolute Gasteiger partial charge is 0.503 e. The van der Waals surface area contributed by atoms with E-state index >= 15 is 0 Å². The average molecular weight is 214 g/mol. The maximum atomic E-state index is 8.56. The van der Waals surface area contributed by atoms with Crippen molar-refractivity contribution in [3.63, 3.8) is 0 Å². The van der Waals surface area contributed by atoms with E-state index in [1.54, 1.807) is 0 Å². The van der Waals surface area contributed by atoms with Crippen LogP contribution in [0.25, 0.3) is 0 Å². The third kappa shape index (κ3) is 8.03. The maximum absolute atomic E-state index is 8.56. The van der Waals surface area contributed by atoms with Crippen LogP contribution >= 0.6 is 0 Å². The number of rotatable bonds is 3. The lowest BCUT2D eigenvalue weighted by Crippen LogP contribution is -1.87. The predicted octanol–water partition coefficient (Wildman–Crippen LogP) is 3.86. The van der Waals surface area contributed by atoms with Crippen molar-refractivity contribution in [3.8, 4) is 0 Å². The Morgan fingerprint density at radius 3 is 2.13 bits per heavy atom. The van der Waals surface area contributed by atoms with E-state index in [4.69, 9.17) is 15.0 Å². The van der Waals surface area contributed by atoms with Crippen LogP contribution in [0.15, 0.2) is 12.2 Å². The molecule has 1 fully saturated rings. The molecule has 0 aromatic carbocycles. The molecule has 3 nitrogen and oxygen atoms in total. The molecular weight excluding hydrogens is 192 g/mol. The van der Waals surface area contributed by atoms with Gasteiger partial charge in [-0.25, -0.2) is 4.79 Å². The van der Waals surface area contributed by atoms with Crippen molar-refractivity contribution in [2.45, 2.75) is 40.5 Å². The van der Waals surface area contributed by atoms with E-state index in [0.717, 1.165) is 11.8 Å². The van der Waals surface area contributed by atoms with Crippen molar-refractivity contribution in [3.05, 3.63) is 12.2 Å². The fraction of sp³-hybridized carbons (Fsp3) is 0.750. The van der Waals surface area contributed by atoms with Gasteiger partial charge < -0.3 is 10.2 Å². The molecule has 1 unspecified atom stereocenters. The first-order valence-electron chi connectivity index (χ1n) is 5.34. The highest BCUT2D eigenvalue weighted by Gasteiger charge is 2.43. The standard InChI is InChI=1S/C11H20.CH2O3/c1-9(2)6-5-7-10-8-11(10,3)4;2-1(3)4/h5,7,9-10H,6,8H2,1-4H3;(H2,2,3,4). The molecule has 0 saturated heterocycles. The Morgan fingerprint density at radius 1 is 1.47 bits per heavy atom. The van der Waals surface area contributed by atoms with Crippen molar-refractivity contribution in [1.29, 1.82) is 0 Å². The second kappa shape index (κ2) is 5.79. The molecule has 1 rings (SSSR count). The molecule has 0 amide bonds. The van der Waals surface area contributed by atoms with Crippen molar-refractivity contribution >= 4 is 6.16 Å². The van der Waals surface area contributed by atoms with Gasteiger partial charge in [-0.05, 0) is 30.1 Å². The van der Waals surface area contributed by atoms with Crippen LogP contribution in [0.1, 0.15) is 40.5 Å². The van der Waals surface area contributed by atoms with E-state index in [-0.39, 0.29) is 0 Å². The van der Waals surface area contributed by atoms with Gasteiger partial charge in [0.2, 0.25) is 0 Å². The van der Waals surface area contributed by atoms with Gasteiger partial charge in [0.15, 0.2) is 0 Å². The van der Waals surface area contributed by atoms with Gasteiger partial charge >= 0.3 is 6.16 Å². The molecule has 0 aromatic rings. The van der Waals surface area contributed by atoms with Gasteiger partial charge in [0, 0.05) is 0 Å². The van der Waals surface area contributed by atoms with Crippen molar-refractivity contribution in [2.75, 3.05) is 0 Å². The molecule has 1 aliphatic carbocycles. The molecule has 88 valence electrons. The number of carboxylic acid groups (broad SMARTS) is 2. The first-order chi connectivity index (χ1) is 6.75. The fourth-order valence-corrected chi connectivity index (χ4v) is 1.35. The molecule has 0 heterocycles. The minimum absolute atomic E-state index is 0.619. The highest BCUT2D eigenvalue weighted by molar-refractivity contribution is 5.53. The topological polar surface area (TPSA) is 57.5 Å². The lowest BCUT2D eigenvalue weighted by Gasteiger charge is -1.98. The Balaban J connectivity index is 0.000000423. The normalized spacial score (nSPS) is 22.3. The lowest BCUT2D eigenvalue weighted by molar-refractivity contribution is 0.137. The second-order valence-electron chi connectivity index (χ2n) is 5.14. The highest BCUT2D eigenvalue weighted by Crippen LogP contribution is 2.52. The van der Waals surface area contributed by atoms with Crippen molar-refractivity contribution < 1.29 is 15.0 Å². The van der Waals surface area contributed by atoms with E-state index < -0.39 is 6.16 Å². The Labute approximate surface area is 91.8 Å². The number of hydrogen-bond acceptors (Lipinski definition) is 1. The van der Waals surface area contributed by atoms with Crippen LogP contribution in [0, 0.1) is 17.3 Å². The Bertz CT molecular complexity index is 225. The van der Waals surface area contributed by atoms with E-state index in [2.05, 4.69) is 39.8 Å². The second-order valence-corrected chi connectivity index (χ2v) is 5.14. The molecule has 0 radical (unpaired) electrons. The van der Waals surface area contributed by atoms with E-state index in [0.29, 0.717) is 5.41 Å². The smallest absolute Gasteiger partial charge is 0.450 e. The Kier molecular flexibility index (Phi) is 5.40. The van der Waals surface area contributed by atoms with Gasteiger partial charge in [-0.15, -0.1) is 0 Å². The summed E-state index contributed by atoms with van der Waals surface area (Å²) in [5.41, 5.74) is 0.619. The molecule has 1 atom stereocenters. The Morgan fingerprint density at radius 2 is 1.87 bits per heavy atom. The van der Waals surface area contributed by atoms with Crippen LogP contribution in [0.3, 0.4) is 0 Å². The summed E-state index contributed by atoms with van der Waals surface area (Å²) in [4.78, 5) is 8.56. The molecule has 0 bridgehead atoms. The molecule has 15 heavy (non-hydrogen) atoms. The first kappa shape index (κ1) is 14.0. The number of carbonyl (C=O) groups is 1. The third-order valence-corrected chi connectivity index (χ3v) is 2.57. The Hall–Kier alpha value is -0.990.